The van der Waals surface area contributed by atoms with Gasteiger partial charge in [-0.05, 0) is 42.3 Å². The number of phenols is 1. The van der Waals surface area contributed by atoms with E-state index in [1.165, 1.54) is 19.1 Å². The quantitative estimate of drug-likeness (QED) is 0.282. The summed E-state index contributed by atoms with van der Waals surface area (Å²) in [5.41, 5.74) is 5.77. The monoisotopic (exact) mass is 549 g/mol. The van der Waals surface area contributed by atoms with Crippen molar-refractivity contribution in [2.75, 3.05) is 11.1 Å². The van der Waals surface area contributed by atoms with Crippen molar-refractivity contribution in [2.24, 2.45) is 0 Å². The maximum absolute atomic E-state index is 13.8. The molecule has 2 aromatic carbocycles. The number of fused-ring (bicyclic) bond motifs is 2. The summed E-state index contributed by atoms with van der Waals surface area (Å²) in [6, 6.07) is 8.79. The Morgan fingerprint density at radius 2 is 1.93 bits per heavy atom. The molecule has 4 heterocycles. The van der Waals surface area contributed by atoms with Crippen LogP contribution in [0, 0.1) is 5.82 Å². The molecule has 6 rings (SSSR count). The van der Waals surface area contributed by atoms with Gasteiger partial charge in [0.2, 0.25) is 5.91 Å². The van der Waals surface area contributed by atoms with Crippen LogP contribution in [-0.2, 0) is 22.8 Å². The zero-order valence-corrected chi connectivity index (χ0v) is 20.7. The molecular weight excluding hydrogens is 530 g/mol. The van der Waals surface area contributed by atoms with Crippen LogP contribution in [0.25, 0.3) is 17.2 Å². The molecule has 4 N–H and O–H groups in total. The zero-order chi connectivity index (χ0) is 28.4. The summed E-state index contributed by atoms with van der Waals surface area (Å²) in [6.45, 7) is 1.46. The Morgan fingerprint density at radius 3 is 2.65 bits per heavy atom. The minimum atomic E-state index is -4.77. The normalized spacial score (nSPS) is 16.8. The van der Waals surface area contributed by atoms with Crippen LogP contribution in [0.3, 0.4) is 0 Å². The second-order valence-corrected chi connectivity index (χ2v) is 9.50. The highest BCUT2D eigenvalue weighted by molar-refractivity contribution is 6.09. The van der Waals surface area contributed by atoms with Gasteiger partial charge in [0.15, 0.2) is 11.5 Å². The minimum absolute atomic E-state index is 0.0635. The molecule has 9 nitrogen and oxygen atoms in total. The number of aromatic nitrogens is 5. The van der Waals surface area contributed by atoms with E-state index in [4.69, 9.17) is 5.73 Å². The molecule has 1 atom stereocenters. The van der Waals surface area contributed by atoms with Crippen molar-refractivity contribution in [1.29, 1.82) is 0 Å². The Kier molecular flexibility index (Phi) is 5.50. The number of nitrogens with zero attached hydrogens (tertiary/aromatic N) is 5. The van der Waals surface area contributed by atoms with Crippen LogP contribution in [0.1, 0.15) is 34.9 Å². The van der Waals surface area contributed by atoms with Crippen LogP contribution in [0.5, 0.6) is 5.75 Å². The van der Waals surface area contributed by atoms with Crippen LogP contribution in [0.4, 0.5) is 29.2 Å². The number of benzene rings is 2. The van der Waals surface area contributed by atoms with E-state index in [0.29, 0.717) is 28.7 Å². The van der Waals surface area contributed by atoms with Gasteiger partial charge in [0.05, 0.1) is 16.8 Å². The Bertz CT molecular complexity index is 1840. The molecule has 202 valence electrons. The lowest BCUT2D eigenvalue weighted by molar-refractivity contribution is -0.138. The maximum atomic E-state index is 13.8. The molecule has 13 heteroatoms. The van der Waals surface area contributed by atoms with Crippen molar-refractivity contribution in [3.8, 4) is 17.3 Å². The average molecular weight is 549 g/mol. The first-order chi connectivity index (χ1) is 18.9. The molecule has 1 aliphatic rings. The average Bonchev–Trinajstić information content (AvgIpc) is 3.46. The van der Waals surface area contributed by atoms with Crippen molar-refractivity contribution in [3.05, 3.63) is 94.8 Å². The van der Waals surface area contributed by atoms with Crippen LogP contribution >= 0.6 is 0 Å². The van der Waals surface area contributed by atoms with Crippen LogP contribution in [0.15, 0.2) is 61.1 Å². The Morgan fingerprint density at radius 1 is 1.12 bits per heavy atom. The summed E-state index contributed by atoms with van der Waals surface area (Å²) < 4.78 is 55.0. The molecular formula is C27H19F4N7O2. The number of nitrogens with two attached hydrogens (primary N) is 1. The number of hydrogen-bond donors (Lipinski definition) is 3. The molecule has 0 radical (unpaired) electrons. The number of amides is 1. The van der Waals surface area contributed by atoms with Gasteiger partial charge in [0.25, 0.3) is 0 Å². The van der Waals surface area contributed by atoms with E-state index in [9.17, 15) is 27.5 Å². The maximum Gasteiger partial charge on any atom is 0.419 e. The van der Waals surface area contributed by atoms with Gasteiger partial charge >= 0.3 is 6.18 Å². The summed E-state index contributed by atoms with van der Waals surface area (Å²) >= 11 is 0. The van der Waals surface area contributed by atoms with Crippen molar-refractivity contribution >= 4 is 23.2 Å². The molecule has 3 aromatic heterocycles. The number of anilines is 2. The third-order valence-corrected chi connectivity index (χ3v) is 6.94. The lowest BCUT2D eigenvalue weighted by Crippen LogP contribution is -2.33. The van der Waals surface area contributed by atoms with Gasteiger partial charge in [0.1, 0.15) is 34.3 Å². The number of carbonyl (C=O) groups excluding carboxylic acids is 1. The van der Waals surface area contributed by atoms with Gasteiger partial charge in [0, 0.05) is 25.0 Å². The van der Waals surface area contributed by atoms with Crippen LogP contribution in [0.2, 0.25) is 0 Å². The predicted molar refractivity (Wildman–Crippen MR) is 136 cm³/mol. The van der Waals surface area contributed by atoms with Crippen molar-refractivity contribution < 1.29 is 27.5 Å². The van der Waals surface area contributed by atoms with Crippen molar-refractivity contribution in [1.82, 2.24) is 24.3 Å². The largest absolute Gasteiger partial charge is 0.507 e. The lowest BCUT2D eigenvalue weighted by atomic mass is 9.77. The van der Waals surface area contributed by atoms with E-state index in [1.807, 2.05) is 0 Å². The summed E-state index contributed by atoms with van der Waals surface area (Å²) in [4.78, 5) is 31.0. The minimum Gasteiger partial charge on any atom is -0.507 e. The number of nitrogen functional groups attached to an aromatic ring is 1. The molecule has 1 amide bonds. The van der Waals surface area contributed by atoms with Gasteiger partial charge < -0.3 is 20.6 Å². The van der Waals surface area contributed by atoms with E-state index in [1.54, 1.807) is 35.1 Å². The molecule has 0 spiro atoms. The van der Waals surface area contributed by atoms with Crippen molar-refractivity contribution in [3.63, 3.8) is 0 Å². The molecule has 0 fully saturated rings. The van der Waals surface area contributed by atoms with E-state index in [0.717, 1.165) is 12.1 Å². The first kappa shape index (κ1) is 25.2. The number of aromatic hydroxyl groups is 1. The molecule has 1 aliphatic heterocycles. The van der Waals surface area contributed by atoms with Gasteiger partial charge in [-0.15, -0.1) is 0 Å². The lowest BCUT2D eigenvalue weighted by Gasteiger charge is -2.24. The van der Waals surface area contributed by atoms with E-state index >= 15 is 0 Å². The number of rotatable bonds is 4. The van der Waals surface area contributed by atoms with Crippen LogP contribution in [-0.4, -0.2) is 35.4 Å². The van der Waals surface area contributed by atoms with Gasteiger partial charge in [-0.25, -0.2) is 24.3 Å². The fourth-order valence-corrected chi connectivity index (χ4v) is 4.94. The molecule has 0 saturated heterocycles. The van der Waals surface area contributed by atoms with Crippen LogP contribution < -0.4 is 11.1 Å². The number of nitrogens with one attached hydrogen (secondary N) is 1. The molecule has 5 aromatic rings. The van der Waals surface area contributed by atoms with E-state index < -0.39 is 28.8 Å². The Balaban J connectivity index is 1.44. The smallest absolute Gasteiger partial charge is 0.419 e. The second-order valence-electron chi connectivity index (χ2n) is 9.50. The fourth-order valence-electron chi connectivity index (χ4n) is 4.94. The van der Waals surface area contributed by atoms with Crippen molar-refractivity contribution in [2.45, 2.75) is 24.9 Å². The molecule has 0 unspecified atom stereocenters. The third-order valence-electron chi connectivity index (χ3n) is 6.94. The van der Waals surface area contributed by atoms with Gasteiger partial charge in [-0.3, -0.25) is 4.79 Å². The molecule has 40 heavy (non-hydrogen) atoms. The first-order valence-electron chi connectivity index (χ1n) is 11.9. The summed E-state index contributed by atoms with van der Waals surface area (Å²) in [5.74, 6) is -1.97. The number of hydrogen-bond acceptors (Lipinski definition) is 7. The number of phenolic OH excluding ortho intramolecular Hbond substituents is 1. The number of imidazole rings is 1. The van der Waals surface area contributed by atoms with E-state index in [2.05, 4.69) is 25.3 Å². The highest BCUT2D eigenvalue weighted by Crippen LogP contribution is 2.47. The van der Waals surface area contributed by atoms with Gasteiger partial charge in [-0.1, -0.05) is 18.2 Å². The number of alkyl halides is 3. The van der Waals surface area contributed by atoms with Gasteiger partial charge in [-0.2, -0.15) is 13.2 Å². The Labute approximate surface area is 223 Å². The first-order valence-corrected chi connectivity index (χ1v) is 11.9. The fraction of sp³-hybridized carbons (Fsp3) is 0.148. The number of carbonyl (C=O) groups is 1. The molecule has 0 saturated carbocycles. The highest BCUT2D eigenvalue weighted by Gasteiger charge is 2.48. The second kappa shape index (κ2) is 8.73. The molecule has 0 aliphatic carbocycles. The third kappa shape index (κ3) is 3.97. The highest BCUT2D eigenvalue weighted by atomic mass is 19.4. The summed E-state index contributed by atoms with van der Waals surface area (Å²) in [6.07, 6.45) is 0.398. The zero-order valence-electron chi connectivity index (χ0n) is 20.7. The topological polar surface area (TPSA) is 131 Å². The predicted octanol–water partition coefficient (Wildman–Crippen LogP) is 4.48. The summed E-state index contributed by atoms with van der Waals surface area (Å²) in [5, 5.41) is 12.7. The standard InChI is InChI=1S/C27H19F4N7O2/c1-26(14-5-6-16(19(39)11-14)27(29,30)31)20-21(32)35-22(36-23(20)37-25(26)40)18-12-38-8-7-33-24(38)17(34-18)10-13-3-2-4-15(28)9-13/h2-9,11-12,39H,10H2,1H3,(H3,32,35,36,37,40)/t26-/m0/s1. The Hall–Kier alpha value is -5.07. The SMILES string of the molecule is C[C@@]1(c2ccc(C(F)(F)F)c(O)c2)C(=O)Nc2nc(-c3cn4ccnc4c(Cc4cccc(F)c4)n3)nc(N)c21. The molecule has 0 bridgehead atoms. The summed E-state index contributed by atoms with van der Waals surface area (Å²) in [7, 11) is 0. The number of halogens is 4. The van der Waals surface area contributed by atoms with E-state index in [-0.39, 0.29) is 40.8 Å².